The van der Waals surface area contributed by atoms with Crippen molar-refractivity contribution < 1.29 is 17.7 Å². The van der Waals surface area contributed by atoms with Crippen molar-refractivity contribution in [2.45, 2.75) is 32.1 Å². The smallest absolute Gasteiger partial charge is 0.387 e. The molecule has 100 valence electrons. The summed E-state index contributed by atoms with van der Waals surface area (Å²) in [6.07, 6.45) is 1.39. The molecule has 0 aromatic heterocycles. The minimum atomic E-state index is -2.86. The number of benzene rings is 1. The highest BCUT2D eigenvalue weighted by Crippen LogP contribution is 2.16. The van der Waals surface area contributed by atoms with Crippen LogP contribution in [0.1, 0.15) is 26.3 Å². The molecule has 0 bridgehead atoms. The topological polar surface area (TPSA) is 38.7 Å². The summed E-state index contributed by atoms with van der Waals surface area (Å²) in [7, 11) is -1.37. The van der Waals surface area contributed by atoms with Crippen LogP contribution >= 0.6 is 0 Å². The van der Waals surface area contributed by atoms with Crippen molar-refractivity contribution in [1.82, 2.24) is 0 Å². The van der Waals surface area contributed by atoms with Gasteiger partial charge in [-0.05, 0) is 38.5 Å². The van der Waals surface area contributed by atoms with E-state index in [1.807, 2.05) is 0 Å². The number of rotatable bonds is 4. The number of ether oxygens (including phenoxy) is 1. The highest BCUT2D eigenvalue weighted by atomic mass is 32.2. The average Bonchev–Trinajstić information content (AvgIpc) is 2.24. The molecular formula is C12H15F2NO2S. The van der Waals surface area contributed by atoms with E-state index < -0.39 is 22.3 Å². The van der Waals surface area contributed by atoms with Crippen molar-refractivity contribution in [3.63, 3.8) is 0 Å². The molecule has 1 aromatic carbocycles. The summed E-state index contributed by atoms with van der Waals surface area (Å²) in [4.78, 5) is 0. The van der Waals surface area contributed by atoms with Gasteiger partial charge in [0.05, 0.1) is 4.75 Å². The van der Waals surface area contributed by atoms with Crippen LogP contribution in [0.3, 0.4) is 0 Å². The molecule has 0 fully saturated rings. The summed E-state index contributed by atoms with van der Waals surface area (Å²) in [5.41, 5.74) is 0.561. The summed E-state index contributed by atoms with van der Waals surface area (Å²) in [6, 6.07) is 6.07. The largest absolute Gasteiger partial charge is 0.435 e. The van der Waals surface area contributed by atoms with Crippen LogP contribution in [0, 0.1) is 0 Å². The SMILES string of the molecule is CC(C)(C)[S@](=O)N=Cc1cccc(OC(F)F)c1. The Morgan fingerprint density at radius 1 is 1.39 bits per heavy atom. The van der Waals surface area contributed by atoms with Crippen LogP contribution in [0.4, 0.5) is 8.78 Å². The van der Waals surface area contributed by atoms with Crippen LogP contribution < -0.4 is 4.74 Å². The van der Waals surface area contributed by atoms with Gasteiger partial charge in [0.25, 0.3) is 0 Å². The van der Waals surface area contributed by atoms with Gasteiger partial charge in [-0.3, -0.25) is 0 Å². The van der Waals surface area contributed by atoms with Crippen molar-refractivity contribution in [3.8, 4) is 5.75 Å². The van der Waals surface area contributed by atoms with Gasteiger partial charge in [0.1, 0.15) is 16.7 Å². The first-order valence-corrected chi connectivity index (χ1v) is 6.40. The van der Waals surface area contributed by atoms with Gasteiger partial charge in [0.15, 0.2) is 0 Å². The van der Waals surface area contributed by atoms with Crippen LogP contribution in [0.25, 0.3) is 0 Å². The van der Waals surface area contributed by atoms with E-state index in [1.165, 1.54) is 18.3 Å². The molecule has 18 heavy (non-hydrogen) atoms. The number of halogens is 2. The van der Waals surface area contributed by atoms with E-state index in [1.54, 1.807) is 32.9 Å². The van der Waals surface area contributed by atoms with E-state index in [9.17, 15) is 13.0 Å². The monoisotopic (exact) mass is 275 g/mol. The zero-order valence-corrected chi connectivity index (χ0v) is 11.2. The second kappa shape index (κ2) is 6.04. The number of alkyl halides is 2. The highest BCUT2D eigenvalue weighted by Gasteiger charge is 2.18. The molecule has 0 unspecified atom stereocenters. The fourth-order valence-corrected chi connectivity index (χ4v) is 1.57. The van der Waals surface area contributed by atoms with Crippen molar-refractivity contribution in [1.29, 1.82) is 0 Å². The lowest BCUT2D eigenvalue weighted by atomic mass is 10.2. The fraction of sp³-hybridized carbons (Fsp3) is 0.417. The zero-order chi connectivity index (χ0) is 13.8. The maximum atomic E-state index is 12.0. The van der Waals surface area contributed by atoms with Gasteiger partial charge >= 0.3 is 6.61 Å². The Balaban J connectivity index is 2.79. The highest BCUT2D eigenvalue weighted by molar-refractivity contribution is 7.85. The molecule has 6 heteroatoms. The molecule has 0 saturated heterocycles. The second-order valence-corrected chi connectivity index (χ2v) is 6.48. The molecule has 0 aliphatic heterocycles. The third kappa shape index (κ3) is 4.91. The predicted molar refractivity (Wildman–Crippen MR) is 68.6 cm³/mol. The van der Waals surface area contributed by atoms with E-state index in [4.69, 9.17) is 0 Å². The molecule has 0 radical (unpaired) electrons. The van der Waals surface area contributed by atoms with Crippen LogP contribution in [0.15, 0.2) is 28.7 Å². The van der Waals surface area contributed by atoms with Crippen LogP contribution in [-0.4, -0.2) is 21.8 Å². The summed E-state index contributed by atoms with van der Waals surface area (Å²) < 4.78 is 43.4. The van der Waals surface area contributed by atoms with Gasteiger partial charge in [0.2, 0.25) is 0 Å². The molecule has 1 rings (SSSR count). The van der Waals surface area contributed by atoms with Gasteiger partial charge in [-0.25, -0.2) is 4.21 Å². The molecule has 1 aromatic rings. The Kier molecular flexibility index (Phi) is 4.95. The summed E-state index contributed by atoms with van der Waals surface area (Å²) >= 11 is 0. The van der Waals surface area contributed by atoms with Crippen LogP contribution in [0.2, 0.25) is 0 Å². The Hall–Kier alpha value is -1.30. The van der Waals surface area contributed by atoms with Crippen molar-refractivity contribution in [2.24, 2.45) is 4.40 Å². The molecule has 0 amide bonds. The van der Waals surface area contributed by atoms with E-state index in [-0.39, 0.29) is 5.75 Å². The molecule has 1 atom stereocenters. The third-order valence-electron chi connectivity index (χ3n) is 1.90. The maximum Gasteiger partial charge on any atom is 0.387 e. The van der Waals surface area contributed by atoms with Crippen LogP contribution in [-0.2, 0) is 11.0 Å². The lowest BCUT2D eigenvalue weighted by molar-refractivity contribution is -0.0498. The van der Waals surface area contributed by atoms with Crippen LogP contribution in [0.5, 0.6) is 5.75 Å². The predicted octanol–water partition coefficient (Wildman–Crippen LogP) is 3.17. The Labute approximate surface area is 107 Å². The maximum absolute atomic E-state index is 12.0. The van der Waals surface area contributed by atoms with E-state index >= 15 is 0 Å². The Bertz CT molecular complexity index is 456. The van der Waals surface area contributed by atoms with Crippen molar-refractivity contribution in [2.75, 3.05) is 0 Å². The number of nitrogens with zero attached hydrogens (tertiary/aromatic N) is 1. The molecule has 0 saturated carbocycles. The Morgan fingerprint density at radius 2 is 2.06 bits per heavy atom. The standard InChI is InChI=1S/C12H15F2NO2S/c1-12(2,3)18(16)15-8-9-5-4-6-10(7-9)17-11(13)14/h4-8,11H,1-3H3/t18-/m0/s1. The second-order valence-electron chi connectivity index (χ2n) is 4.55. The third-order valence-corrected chi connectivity index (χ3v) is 3.25. The first-order valence-electron chi connectivity index (χ1n) is 5.30. The molecule has 0 heterocycles. The first-order chi connectivity index (χ1) is 8.29. The lowest BCUT2D eigenvalue weighted by Crippen LogP contribution is -2.19. The summed E-state index contributed by atoms with van der Waals surface area (Å²) in [6.45, 7) is 2.55. The van der Waals surface area contributed by atoms with Gasteiger partial charge in [0, 0.05) is 6.21 Å². The molecule has 0 aliphatic rings. The van der Waals surface area contributed by atoms with Crippen molar-refractivity contribution in [3.05, 3.63) is 29.8 Å². The normalized spacial score (nSPS) is 14.1. The quantitative estimate of drug-likeness (QED) is 0.792. The minimum absolute atomic E-state index is 0.0514. The van der Waals surface area contributed by atoms with Gasteiger partial charge < -0.3 is 4.74 Å². The molecular weight excluding hydrogens is 260 g/mol. The van der Waals surface area contributed by atoms with E-state index in [2.05, 4.69) is 9.13 Å². The molecule has 3 nitrogen and oxygen atoms in total. The molecule has 0 aliphatic carbocycles. The lowest BCUT2D eigenvalue weighted by Gasteiger charge is -2.12. The zero-order valence-electron chi connectivity index (χ0n) is 10.4. The summed E-state index contributed by atoms with van der Waals surface area (Å²) in [5.74, 6) is 0.0514. The van der Waals surface area contributed by atoms with Gasteiger partial charge in [-0.1, -0.05) is 12.1 Å². The van der Waals surface area contributed by atoms with Crippen molar-refractivity contribution >= 4 is 17.2 Å². The molecule has 0 spiro atoms. The number of hydrogen-bond acceptors (Lipinski definition) is 2. The first kappa shape index (κ1) is 14.8. The number of hydrogen-bond donors (Lipinski definition) is 0. The fourth-order valence-electron chi connectivity index (χ4n) is 1.04. The minimum Gasteiger partial charge on any atom is -0.435 e. The van der Waals surface area contributed by atoms with Gasteiger partial charge in [-0.15, -0.1) is 0 Å². The van der Waals surface area contributed by atoms with E-state index in [0.717, 1.165) is 0 Å². The molecule has 0 N–H and O–H groups in total. The summed E-state index contributed by atoms with van der Waals surface area (Å²) in [5, 5.41) is 0. The Morgan fingerprint density at radius 3 is 2.61 bits per heavy atom. The van der Waals surface area contributed by atoms with E-state index in [0.29, 0.717) is 5.56 Å². The van der Waals surface area contributed by atoms with Gasteiger partial charge in [-0.2, -0.15) is 13.2 Å². The average molecular weight is 275 g/mol.